The van der Waals surface area contributed by atoms with Gasteiger partial charge in [0.15, 0.2) is 0 Å². The first kappa shape index (κ1) is 17.2. The molecular formula is C20H19N3O4. The summed E-state index contributed by atoms with van der Waals surface area (Å²) in [5.41, 5.74) is 1.99. The molecule has 7 heteroatoms. The maximum absolute atomic E-state index is 12.8. The first-order chi connectivity index (χ1) is 13.2. The number of amides is 1. The van der Waals surface area contributed by atoms with Gasteiger partial charge >= 0.3 is 0 Å². The average molecular weight is 365 g/mol. The molecule has 0 bridgehead atoms. The molecule has 0 saturated carbocycles. The highest BCUT2D eigenvalue weighted by Gasteiger charge is 2.21. The Balaban J connectivity index is 1.58. The lowest BCUT2D eigenvalue weighted by atomic mass is 10.1. The SMILES string of the molecule is O=C(Cn1cnc2ccccc2c1=O)N1CCOc2ccc(CO)cc2C1. The quantitative estimate of drug-likeness (QED) is 0.757. The minimum Gasteiger partial charge on any atom is -0.491 e. The first-order valence-electron chi connectivity index (χ1n) is 8.73. The second-order valence-electron chi connectivity index (χ2n) is 6.46. The van der Waals surface area contributed by atoms with Crippen molar-refractivity contribution in [1.29, 1.82) is 0 Å². The van der Waals surface area contributed by atoms with E-state index < -0.39 is 0 Å². The van der Waals surface area contributed by atoms with E-state index in [9.17, 15) is 14.7 Å². The summed E-state index contributed by atoms with van der Waals surface area (Å²) < 4.78 is 7.04. The third-order valence-electron chi connectivity index (χ3n) is 4.68. The number of aliphatic hydroxyl groups is 1. The molecule has 3 aromatic rings. The number of hydrogen-bond acceptors (Lipinski definition) is 5. The second-order valence-corrected chi connectivity index (χ2v) is 6.46. The summed E-state index contributed by atoms with van der Waals surface area (Å²) in [5, 5.41) is 9.82. The zero-order chi connectivity index (χ0) is 18.8. The van der Waals surface area contributed by atoms with Crippen LogP contribution in [0.15, 0.2) is 53.6 Å². The van der Waals surface area contributed by atoms with Crippen molar-refractivity contribution in [2.24, 2.45) is 0 Å². The lowest BCUT2D eigenvalue weighted by Crippen LogP contribution is -2.37. The Morgan fingerprint density at radius 3 is 2.93 bits per heavy atom. The highest BCUT2D eigenvalue weighted by atomic mass is 16.5. The van der Waals surface area contributed by atoms with Crippen LogP contribution < -0.4 is 10.3 Å². The van der Waals surface area contributed by atoms with Crippen LogP contribution in [0, 0.1) is 0 Å². The molecule has 0 atom stereocenters. The number of aliphatic hydroxyl groups excluding tert-OH is 1. The molecule has 27 heavy (non-hydrogen) atoms. The van der Waals surface area contributed by atoms with Crippen LogP contribution in [0.1, 0.15) is 11.1 Å². The molecule has 0 aliphatic carbocycles. The largest absolute Gasteiger partial charge is 0.491 e. The van der Waals surface area contributed by atoms with Crippen LogP contribution in [0.4, 0.5) is 0 Å². The number of nitrogens with zero attached hydrogens (tertiary/aromatic N) is 3. The third-order valence-corrected chi connectivity index (χ3v) is 4.68. The van der Waals surface area contributed by atoms with Crippen LogP contribution in [-0.4, -0.2) is 38.6 Å². The van der Waals surface area contributed by atoms with Gasteiger partial charge in [-0.2, -0.15) is 0 Å². The Kier molecular flexibility index (Phi) is 4.60. The number of aromatic nitrogens is 2. The van der Waals surface area contributed by atoms with Crippen LogP contribution in [0.3, 0.4) is 0 Å². The predicted octanol–water partition coefficient (Wildman–Crippen LogP) is 1.31. The summed E-state index contributed by atoms with van der Waals surface area (Å²) in [4.78, 5) is 31.3. The fourth-order valence-corrected chi connectivity index (χ4v) is 3.22. The summed E-state index contributed by atoms with van der Waals surface area (Å²) in [5.74, 6) is 0.534. The molecule has 0 spiro atoms. The van der Waals surface area contributed by atoms with Gasteiger partial charge in [0.05, 0.1) is 30.4 Å². The van der Waals surface area contributed by atoms with Crippen molar-refractivity contribution in [3.05, 3.63) is 70.3 Å². The van der Waals surface area contributed by atoms with Crippen LogP contribution in [0.25, 0.3) is 10.9 Å². The van der Waals surface area contributed by atoms with Gasteiger partial charge in [-0.3, -0.25) is 14.2 Å². The first-order valence-corrected chi connectivity index (χ1v) is 8.73. The fraction of sp³-hybridized carbons (Fsp3) is 0.250. The van der Waals surface area contributed by atoms with Gasteiger partial charge in [-0.05, 0) is 29.8 Å². The molecule has 0 unspecified atom stereocenters. The van der Waals surface area contributed by atoms with Crippen molar-refractivity contribution in [3.63, 3.8) is 0 Å². The third kappa shape index (κ3) is 3.41. The van der Waals surface area contributed by atoms with Gasteiger partial charge in [0, 0.05) is 12.1 Å². The molecule has 2 aromatic carbocycles. The Morgan fingerprint density at radius 2 is 2.07 bits per heavy atom. The number of fused-ring (bicyclic) bond motifs is 2. The number of rotatable bonds is 3. The minimum atomic E-state index is -0.233. The van der Waals surface area contributed by atoms with E-state index in [4.69, 9.17) is 4.74 Å². The van der Waals surface area contributed by atoms with Crippen molar-refractivity contribution in [2.75, 3.05) is 13.2 Å². The maximum Gasteiger partial charge on any atom is 0.261 e. The lowest BCUT2D eigenvalue weighted by Gasteiger charge is -2.20. The Bertz CT molecular complexity index is 1060. The van der Waals surface area contributed by atoms with Gasteiger partial charge < -0.3 is 14.7 Å². The Hall–Kier alpha value is -3.19. The van der Waals surface area contributed by atoms with Crippen molar-refractivity contribution in [1.82, 2.24) is 14.5 Å². The van der Waals surface area contributed by atoms with Crippen LogP contribution in [0.2, 0.25) is 0 Å². The molecule has 4 rings (SSSR count). The van der Waals surface area contributed by atoms with Crippen molar-refractivity contribution < 1.29 is 14.6 Å². The molecule has 1 amide bonds. The Morgan fingerprint density at radius 1 is 1.22 bits per heavy atom. The van der Waals surface area contributed by atoms with Gasteiger partial charge in [0.2, 0.25) is 5.91 Å². The molecule has 1 aliphatic rings. The van der Waals surface area contributed by atoms with E-state index in [1.54, 1.807) is 29.2 Å². The van der Waals surface area contributed by atoms with E-state index in [2.05, 4.69) is 4.98 Å². The molecule has 2 heterocycles. The molecule has 0 fully saturated rings. The number of benzene rings is 2. The molecule has 7 nitrogen and oxygen atoms in total. The molecule has 1 aromatic heterocycles. The number of carbonyl (C=O) groups excluding carboxylic acids is 1. The van der Waals surface area contributed by atoms with Crippen molar-refractivity contribution >= 4 is 16.8 Å². The van der Waals surface area contributed by atoms with Crippen LogP contribution in [-0.2, 0) is 24.5 Å². The van der Waals surface area contributed by atoms with E-state index in [1.165, 1.54) is 10.9 Å². The van der Waals surface area contributed by atoms with Gasteiger partial charge in [0.25, 0.3) is 5.56 Å². The predicted molar refractivity (Wildman–Crippen MR) is 99.3 cm³/mol. The standard InChI is InChI=1S/C20H19N3O4/c24-12-14-5-6-18-15(9-14)10-22(7-8-27-18)19(25)11-23-13-21-17-4-2-1-3-16(17)20(23)26/h1-6,9,13,24H,7-8,10-12H2. The fourth-order valence-electron chi connectivity index (χ4n) is 3.22. The van der Waals surface area contributed by atoms with E-state index in [0.717, 1.165) is 11.1 Å². The zero-order valence-corrected chi connectivity index (χ0v) is 14.7. The van der Waals surface area contributed by atoms with Gasteiger partial charge in [0.1, 0.15) is 18.9 Å². The normalized spacial score (nSPS) is 13.7. The average Bonchev–Trinajstić information content (AvgIpc) is 2.92. The van der Waals surface area contributed by atoms with Crippen molar-refractivity contribution in [2.45, 2.75) is 19.7 Å². The summed E-state index contributed by atoms with van der Waals surface area (Å²) in [7, 11) is 0. The molecule has 0 saturated heterocycles. The lowest BCUT2D eigenvalue weighted by molar-refractivity contribution is -0.132. The van der Waals surface area contributed by atoms with Crippen LogP contribution >= 0.6 is 0 Å². The molecule has 1 aliphatic heterocycles. The zero-order valence-electron chi connectivity index (χ0n) is 14.7. The van der Waals surface area contributed by atoms with E-state index in [0.29, 0.717) is 36.3 Å². The summed E-state index contributed by atoms with van der Waals surface area (Å²) in [6.07, 6.45) is 1.41. The molecule has 138 valence electrons. The molecule has 0 radical (unpaired) electrons. The topological polar surface area (TPSA) is 84.7 Å². The van der Waals surface area contributed by atoms with Crippen molar-refractivity contribution in [3.8, 4) is 5.75 Å². The van der Waals surface area contributed by atoms with E-state index in [1.807, 2.05) is 18.2 Å². The van der Waals surface area contributed by atoms with E-state index in [-0.39, 0.29) is 24.6 Å². The number of ether oxygens (including phenoxy) is 1. The van der Waals surface area contributed by atoms with Gasteiger partial charge in [-0.25, -0.2) is 4.98 Å². The van der Waals surface area contributed by atoms with Gasteiger partial charge in [-0.15, -0.1) is 0 Å². The van der Waals surface area contributed by atoms with Crippen LogP contribution in [0.5, 0.6) is 5.75 Å². The molecular weight excluding hydrogens is 346 g/mol. The summed E-state index contributed by atoms with van der Waals surface area (Å²) in [6, 6.07) is 12.5. The highest BCUT2D eigenvalue weighted by Crippen LogP contribution is 2.24. The smallest absolute Gasteiger partial charge is 0.261 e. The monoisotopic (exact) mass is 365 g/mol. The number of hydrogen-bond donors (Lipinski definition) is 1. The van der Waals surface area contributed by atoms with E-state index >= 15 is 0 Å². The van der Waals surface area contributed by atoms with Gasteiger partial charge in [-0.1, -0.05) is 18.2 Å². The summed E-state index contributed by atoms with van der Waals surface area (Å²) in [6.45, 7) is 1.03. The number of carbonyl (C=O) groups is 1. The summed E-state index contributed by atoms with van der Waals surface area (Å²) >= 11 is 0. The maximum atomic E-state index is 12.8. The highest BCUT2D eigenvalue weighted by molar-refractivity contribution is 5.79. The second kappa shape index (κ2) is 7.20. The number of para-hydroxylation sites is 1. The molecule has 1 N–H and O–H groups in total. The minimum absolute atomic E-state index is 0.0701. The Labute approximate surface area is 155 Å².